The average molecular weight is 405 g/mol. The number of nitrogens with one attached hydrogen (secondary N) is 1. The molecule has 1 saturated heterocycles. The Bertz CT molecular complexity index is 906. The van der Waals surface area contributed by atoms with Gasteiger partial charge in [-0.15, -0.1) is 0 Å². The van der Waals surface area contributed by atoms with Crippen molar-refractivity contribution in [2.24, 2.45) is 15.8 Å². The Labute approximate surface area is 169 Å². The molecule has 1 fully saturated rings. The van der Waals surface area contributed by atoms with Crippen molar-refractivity contribution in [2.75, 3.05) is 6.54 Å². The second-order valence-electron chi connectivity index (χ2n) is 9.81. The van der Waals surface area contributed by atoms with Gasteiger partial charge in [-0.2, -0.15) is 0 Å². The molecule has 0 spiro atoms. The Kier molecular flexibility index (Phi) is 5.21. The molecule has 2 aliphatic heterocycles. The molecule has 1 aromatic rings. The van der Waals surface area contributed by atoms with E-state index in [9.17, 15) is 8.42 Å². The number of hydrogen-bond acceptors (Lipinski definition) is 5. The molecule has 1 aromatic heterocycles. The van der Waals surface area contributed by atoms with E-state index in [1.807, 2.05) is 0 Å². The number of amidine groups is 1. The molecule has 0 amide bonds. The average Bonchev–Trinajstić information content (AvgIpc) is 2.94. The molecule has 7 heteroatoms. The van der Waals surface area contributed by atoms with E-state index >= 15 is 0 Å². The molecule has 0 bridgehead atoms. The number of pyridine rings is 1. The van der Waals surface area contributed by atoms with Gasteiger partial charge in [0.05, 0.1) is 6.04 Å². The fourth-order valence-corrected chi connectivity index (χ4v) is 5.49. The van der Waals surface area contributed by atoms with Gasteiger partial charge in [0.25, 0.3) is 0 Å². The molecule has 1 N–H and O–H groups in total. The van der Waals surface area contributed by atoms with Crippen LogP contribution < -0.4 is 4.72 Å². The minimum Gasteiger partial charge on any atom is -0.332 e. The summed E-state index contributed by atoms with van der Waals surface area (Å²) in [5.41, 5.74) is 2.37. The smallest absolute Gasteiger partial charge is 0.242 e. The first-order valence-electron chi connectivity index (χ1n) is 9.82. The van der Waals surface area contributed by atoms with Crippen molar-refractivity contribution in [2.45, 2.75) is 71.9 Å². The lowest BCUT2D eigenvalue weighted by atomic mass is 9.79. The summed E-state index contributed by atoms with van der Waals surface area (Å²) < 4.78 is 28.5. The van der Waals surface area contributed by atoms with E-state index in [1.54, 1.807) is 18.3 Å². The number of hydrogen-bond donors (Lipinski definition) is 1. The molecular formula is C21H32N4O2S. The third-order valence-electron chi connectivity index (χ3n) is 5.21. The van der Waals surface area contributed by atoms with E-state index in [4.69, 9.17) is 4.99 Å². The molecule has 0 saturated carbocycles. The van der Waals surface area contributed by atoms with Crippen LogP contribution in [-0.2, 0) is 10.0 Å². The largest absolute Gasteiger partial charge is 0.332 e. The van der Waals surface area contributed by atoms with E-state index < -0.39 is 10.0 Å². The normalized spacial score (nSPS) is 23.7. The summed E-state index contributed by atoms with van der Waals surface area (Å²) in [4.78, 5) is 11.4. The van der Waals surface area contributed by atoms with Gasteiger partial charge in [-0.1, -0.05) is 41.5 Å². The number of fused-ring (bicyclic) bond motifs is 1. The molecule has 0 aliphatic carbocycles. The monoisotopic (exact) mass is 404 g/mol. The van der Waals surface area contributed by atoms with Crippen LogP contribution in [0.1, 0.15) is 54.9 Å². The quantitative estimate of drug-likeness (QED) is 0.835. The van der Waals surface area contributed by atoms with Crippen LogP contribution >= 0.6 is 0 Å². The second-order valence-corrected chi connectivity index (χ2v) is 11.5. The van der Waals surface area contributed by atoms with Gasteiger partial charge in [-0.25, -0.2) is 13.1 Å². The number of nitrogens with zero attached hydrogens (tertiary/aromatic N) is 3. The topological polar surface area (TPSA) is 74.7 Å². The molecule has 28 heavy (non-hydrogen) atoms. The molecule has 3 rings (SSSR count). The Morgan fingerprint density at radius 2 is 1.82 bits per heavy atom. The van der Waals surface area contributed by atoms with Gasteiger partial charge in [0, 0.05) is 42.5 Å². The van der Waals surface area contributed by atoms with E-state index in [-0.39, 0.29) is 27.8 Å². The zero-order valence-electron chi connectivity index (χ0n) is 17.9. The predicted molar refractivity (Wildman–Crippen MR) is 113 cm³/mol. The maximum Gasteiger partial charge on any atom is 0.242 e. The van der Waals surface area contributed by atoms with Crippen LogP contribution in [0.15, 0.2) is 45.7 Å². The molecule has 2 atom stereocenters. The number of aromatic nitrogens is 1. The molecule has 0 aromatic carbocycles. The lowest BCUT2D eigenvalue weighted by Crippen LogP contribution is -2.45. The molecule has 2 aliphatic rings. The molecule has 6 nitrogen and oxygen atoms in total. The molecular weight excluding hydrogens is 372 g/mol. The summed E-state index contributed by atoms with van der Waals surface area (Å²) in [7, 11) is -3.61. The van der Waals surface area contributed by atoms with Gasteiger partial charge in [0.15, 0.2) is 0 Å². The summed E-state index contributed by atoms with van der Waals surface area (Å²) >= 11 is 0. The molecule has 0 radical (unpaired) electrons. The van der Waals surface area contributed by atoms with Crippen LogP contribution in [0.3, 0.4) is 0 Å². The summed E-state index contributed by atoms with van der Waals surface area (Å²) in [6, 6.07) is 3.10. The van der Waals surface area contributed by atoms with Crippen molar-refractivity contribution in [3.8, 4) is 0 Å². The Balaban J connectivity index is 1.96. The number of aliphatic imine (C=N–C) groups is 1. The first-order chi connectivity index (χ1) is 12.8. The Morgan fingerprint density at radius 3 is 2.36 bits per heavy atom. The SMILES string of the molecule is C[C@@H]1N=C(C(C)(C)C)N2C[C@@H](NS(=O)(=O)c3cccnc3)CC2=C1C(C)(C)C. The fourth-order valence-electron chi connectivity index (χ4n) is 4.30. The summed E-state index contributed by atoms with van der Waals surface area (Å²) in [6.45, 7) is 15.8. The molecule has 154 valence electrons. The maximum atomic E-state index is 12.8. The Hall–Kier alpha value is -1.73. The van der Waals surface area contributed by atoms with Crippen LogP contribution in [-0.4, -0.2) is 42.8 Å². The van der Waals surface area contributed by atoms with Crippen molar-refractivity contribution in [1.29, 1.82) is 0 Å². The Morgan fingerprint density at radius 1 is 1.14 bits per heavy atom. The van der Waals surface area contributed by atoms with Crippen LogP contribution in [0.25, 0.3) is 0 Å². The highest BCUT2D eigenvalue weighted by Crippen LogP contribution is 2.43. The van der Waals surface area contributed by atoms with Gasteiger partial charge in [0.2, 0.25) is 10.0 Å². The third kappa shape index (κ3) is 4.01. The van der Waals surface area contributed by atoms with E-state index in [2.05, 4.69) is 63.1 Å². The molecule has 0 unspecified atom stereocenters. The van der Waals surface area contributed by atoms with Gasteiger partial charge >= 0.3 is 0 Å². The van der Waals surface area contributed by atoms with Crippen molar-refractivity contribution >= 4 is 15.9 Å². The lowest BCUT2D eigenvalue weighted by Gasteiger charge is -2.41. The minimum atomic E-state index is -3.61. The maximum absolute atomic E-state index is 12.8. The van der Waals surface area contributed by atoms with E-state index in [1.165, 1.54) is 17.5 Å². The first kappa shape index (κ1) is 21.0. The van der Waals surface area contributed by atoms with Crippen molar-refractivity contribution < 1.29 is 8.42 Å². The van der Waals surface area contributed by atoms with E-state index in [0.29, 0.717) is 13.0 Å². The second kappa shape index (κ2) is 6.95. The van der Waals surface area contributed by atoms with E-state index in [0.717, 1.165) is 5.84 Å². The van der Waals surface area contributed by atoms with Crippen LogP contribution in [0.5, 0.6) is 0 Å². The highest BCUT2D eigenvalue weighted by molar-refractivity contribution is 7.89. The minimum absolute atomic E-state index is 0.0307. The summed E-state index contributed by atoms with van der Waals surface area (Å²) in [5.74, 6) is 1.03. The zero-order chi connectivity index (χ0) is 20.9. The van der Waals surface area contributed by atoms with Gasteiger partial charge in [0.1, 0.15) is 10.7 Å². The van der Waals surface area contributed by atoms with Crippen LogP contribution in [0.2, 0.25) is 0 Å². The van der Waals surface area contributed by atoms with Gasteiger partial charge in [-0.3, -0.25) is 9.98 Å². The summed E-state index contributed by atoms with van der Waals surface area (Å²) in [5, 5.41) is 0. The highest BCUT2D eigenvalue weighted by atomic mass is 32.2. The number of rotatable bonds is 3. The highest BCUT2D eigenvalue weighted by Gasteiger charge is 2.43. The van der Waals surface area contributed by atoms with Gasteiger partial charge in [-0.05, 0) is 30.0 Å². The van der Waals surface area contributed by atoms with Crippen molar-refractivity contribution in [3.63, 3.8) is 0 Å². The first-order valence-corrected chi connectivity index (χ1v) is 11.3. The molecule has 3 heterocycles. The fraction of sp³-hybridized carbons (Fsp3) is 0.619. The standard InChI is InChI=1S/C21H32N4O2S/c1-14-18(20(2,3)4)17-11-15(13-25(17)19(23-14)21(5,6)7)24-28(26,27)16-9-8-10-22-12-16/h8-10,12,14-15,24H,11,13H2,1-7H3/t14-,15-/m0/s1. The van der Waals surface area contributed by atoms with Crippen LogP contribution in [0.4, 0.5) is 0 Å². The zero-order valence-corrected chi connectivity index (χ0v) is 18.8. The lowest BCUT2D eigenvalue weighted by molar-refractivity contribution is 0.393. The summed E-state index contributed by atoms with van der Waals surface area (Å²) in [6.07, 6.45) is 3.63. The number of sulfonamides is 1. The third-order valence-corrected chi connectivity index (χ3v) is 6.72. The van der Waals surface area contributed by atoms with Crippen molar-refractivity contribution in [1.82, 2.24) is 14.6 Å². The van der Waals surface area contributed by atoms with Gasteiger partial charge < -0.3 is 4.90 Å². The van der Waals surface area contributed by atoms with Crippen LogP contribution in [0, 0.1) is 10.8 Å². The predicted octanol–water partition coefficient (Wildman–Crippen LogP) is 3.58. The van der Waals surface area contributed by atoms with Crippen molar-refractivity contribution in [3.05, 3.63) is 35.8 Å².